The molecular formula is C15H25NOS. The van der Waals surface area contributed by atoms with Gasteiger partial charge in [0, 0.05) is 27.3 Å². The first-order valence-electron chi connectivity index (χ1n) is 6.53. The Morgan fingerprint density at radius 2 is 1.78 bits per heavy atom. The first kappa shape index (κ1) is 15.4. The number of benzene rings is 1. The summed E-state index contributed by atoms with van der Waals surface area (Å²) in [5.74, 6) is 0.667. The van der Waals surface area contributed by atoms with Crippen molar-refractivity contribution in [2.24, 2.45) is 0 Å². The van der Waals surface area contributed by atoms with Crippen molar-refractivity contribution in [1.82, 2.24) is 5.32 Å². The van der Waals surface area contributed by atoms with Crippen molar-refractivity contribution in [3.05, 3.63) is 35.4 Å². The summed E-state index contributed by atoms with van der Waals surface area (Å²) in [6, 6.07) is 8.65. The van der Waals surface area contributed by atoms with Gasteiger partial charge in [0.2, 0.25) is 0 Å². The van der Waals surface area contributed by atoms with Crippen molar-refractivity contribution in [3.63, 3.8) is 0 Å². The van der Waals surface area contributed by atoms with Crippen molar-refractivity contribution in [2.75, 3.05) is 12.3 Å². The molecule has 3 heteroatoms. The molecule has 102 valence electrons. The molecule has 0 amide bonds. The van der Waals surface area contributed by atoms with Crippen LogP contribution in [0.1, 0.15) is 44.9 Å². The van der Waals surface area contributed by atoms with Crippen LogP contribution in [0, 0.1) is 6.92 Å². The Morgan fingerprint density at radius 3 is 2.22 bits per heavy atom. The molecule has 1 N–H and O–H groups in total. The molecule has 2 atom stereocenters. The van der Waals surface area contributed by atoms with E-state index in [1.165, 1.54) is 11.1 Å². The van der Waals surface area contributed by atoms with E-state index in [1.54, 1.807) is 0 Å². The van der Waals surface area contributed by atoms with Gasteiger partial charge in [0.25, 0.3) is 0 Å². The molecule has 0 fully saturated rings. The third-order valence-corrected chi connectivity index (χ3v) is 4.93. The Kier molecular flexibility index (Phi) is 5.54. The van der Waals surface area contributed by atoms with Crippen molar-refractivity contribution in [3.8, 4) is 0 Å². The van der Waals surface area contributed by atoms with Crippen molar-refractivity contribution < 1.29 is 4.21 Å². The van der Waals surface area contributed by atoms with Crippen LogP contribution >= 0.6 is 0 Å². The average Bonchev–Trinajstić information content (AvgIpc) is 2.28. The van der Waals surface area contributed by atoms with E-state index in [1.807, 2.05) is 20.8 Å². The molecule has 0 aliphatic heterocycles. The predicted octanol–water partition coefficient (Wildman–Crippen LogP) is 3.19. The maximum absolute atomic E-state index is 12.3. The molecule has 0 radical (unpaired) electrons. The highest BCUT2D eigenvalue weighted by molar-refractivity contribution is 7.86. The van der Waals surface area contributed by atoms with Crippen molar-refractivity contribution in [2.45, 2.75) is 45.4 Å². The van der Waals surface area contributed by atoms with E-state index in [-0.39, 0.29) is 10.8 Å². The van der Waals surface area contributed by atoms with Crippen LogP contribution < -0.4 is 5.32 Å². The van der Waals surface area contributed by atoms with Crippen LogP contribution in [0.4, 0.5) is 0 Å². The molecule has 2 unspecified atom stereocenters. The zero-order valence-electron chi connectivity index (χ0n) is 12.1. The Hall–Kier alpha value is -0.670. The van der Waals surface area contributed by atoms with Crippen LogP contribution in [-0.2, 0) is 10.8 Å². The van der Waals surface area contributed by atoms with Gasteiger partial charge >= 0.3 is 0 Å². The highest BCUT2D eigenvalue weighted by Gasteiger charge is 2.23. The topological polar surface area (TPSA) is 29.1 Å². The molecule has 0 heterocycles. The van der Waals surface area contributed by atoms with E-state index in [0.717, 1.165) is 6.54 Å². The molecule has 0 aliphatic carbocycles. The average molecular weight is 267 g/mol. The first-order chi connectivity index (χ1) is 8.34. The van der Waals surface area contributed by atoms with Gasteiger partial charge in [0.1, 0.15) is 0 Å². The molecule has 0 saturated carbocycles. The van der Waals surface area contributed by atoms with Crippen LogP contribution in [0.25, 0.3) is 0 Å². The second-order valence-electron chi connectivity index (χ2n) is 5.65. The molecule has 0 aliphatic rings. The second-order valence-corrected chi connectivity index (χ2v) is 7.89. The van der Waals surface area contributed by atoms with E-state index in [0.29, 0.717) is 5.75 Å². The number of hydrogen-bond donors (Lipinski definition) is 1. The Labute approximate surface area is 114 Å². The van der Waals surface area contributed by atoms with Gasteiger partial charge in [-0.2, -0.15) is 0 Å². The second kappa shape index (κ2) is 6.48. The van der Waals surface area contributed by atoms with Crippen LogP contribution in [0.2, 0.25) is 0 Å². The zero-order chi connectivity index (χ0) is 13.8. The van der Waals surface area contributed by atoms with Crippen LogP contribution in [-0.4, -0.2) is 21.3 Å². The van der Waals surface area contributed by atoms with Crippen LogP contribution in [0.15, 0.2) is 24.3 Å². The molecule has 0 spiro atoms. The minimum Gasteiger partial charge on any atom is -0.309 e. The Bertz CT molecular complexity index is 392. The SMILES string of the molecule is CCNC(CS(=O)C(C)(C)C)c1ccc(C)cc1. The van der Waals surface area contributed by atoms with Gasteiger partial charge in [-0.1, -0.05) is 36.8 Å². The largest absolute Gasteiger partial charge is 0.309 e. The minimum absolute atomic E-state index is 0.154. The number of hydrogen-bond acceptors (Lipinski definition) is 2. The summed E-state index contributed by atoms with van der Waals surface area (Å²) >= 11 is 0. The normalized spacial score (nSPS) is 15.4. The number of rotatable bonds is 5. The molecule has 2 nitrogen and oxygen atoms in total. The van der Waals surface area contributed by atoms with Gasteiger partial charge in [-0.25, -0.2) is 0 Å². The predicted molar refractivity (Wildman–Crippen MR) is 80.4 cm³/mol. The maximum Gasteiger partial charge on any atom is 0.0436 e. The quantitative estimate of drug-likeness (QED) is 0.887. The summed E-state index contributed by atoms with van der Waals surface area (Å²) in [6.45, 7) is 11.1. The van der Waals surface area contributed by atoms with Crippen molar-refractivity contribution in [1.29, 1.82) is 0 Å². The number of aryl methyl sites for hydroxylation is 1. The summed E-state index contributed by atoms with van der Waals surface area (Å²) in [7, 11) is -0.837. The fraction of sp³-hybridized carbons (Fsp3) is 0.600. The lowest BCUT2D eigenvalue weighted by Crippen LogP contribution is -2.32. The molecule has 0 bridgehead atoms. The number of nitrogens with one attached hydrogen (secondary N) is 1. The monoisotopic (exact) mass is 267 g/mol. The van der Waals surface area contributed by atoms with E-state index in [2.05, 4.69) is 43.4 Å². The van der Waals surface area contributed by atoms with Gasteiger partial charge in [0.05, 0.1) is 0 Å². The fourth-order valence-electron chi connectivity index (χ4n) is 1.72. The molecule has 1 aromatic rings. The third kappa shape index (κ3) is 4.54. The van der Waals surface area contributed by atoms with Gasteiger partial charge in [-0.3, -0.25) is 4.21 Å². The smallest absolute Gasteiger partial charge is 0.0436 e. The summed E-state index contributed by atoms with van der Waals surface area (Å²) < 4.78 is 12.1. The Balaban J connectivity index is 2.83. The van der Waals surface area contributed by atoms with Gasteiger partial charge in [-0.15, -0.1) is 0 Å². The first-order valence-corrected chi connectivity index (χ1v) is 7.85. The van der Waals surface area contributed by atoms with E-state index >= 15 is 0 Å². The maximum atomic E-state index is 12.3. The van der Waals surface area contributed by atoms with Gasteiger partial charge in [0.15, 0.2) is 0 Å². The molecule has 1 aromatic carbocycles. The molecule has 0 saturated heterocycles. The Morgan fingerprint density at radius 1 is 1.22 bits per heavy atom. The highest BCUT2D eigenvalue weighted by atomic mass is 32.2. The molecule has 1 rings (SSSR count). The van der Waals surface area contributed by atoms with Gasteiger partial charge < -0.3 is 5.32 Å². The summed E-state index contributed by atoms with van der Waals surface area (Å²) in [5, 5.41) is 3.43. The van der Waals surface area contributed by atoms with E-state index < -0.39 is 10.8 Å². The molecule has 18 heavy (non-hydrogen) atoms. The van der Waals surface area contributed by atoms with Crippen molar-refractivity contribution >= 4 is 10.8 Å². The molecule has 0 aromatic heterocycles. The fourth-order valence-corrected chi connectivity index (χ4v) is 2.83. The summed E-state index contributed by atoms with van der Waals surface area (Å²) in [6.07, 6.45) is 0. The molecular weight excluding hydrogens is 242 g/mol. The van der Waals surface area contributed by atoms with E-state index in [4.69, 9.17) is 0 Å². The lowest BCUT2D eigenvalue weighted by molar-refractivity contribution is 0.584. The van der Waals surface area contributed by atoms with Crippen LogP contribution in [0.3, 0.4) is 0 Å². The lowest BCUT2D eigenvalue weighted by atomic mass is 10.1. The summed E-state index contributed by atoms with van der Waals surface area (Å²) in [4.78, 5) is 0. The summed E-state index contributed by atoms with van der Waals surface area (Å²) in [5.41, 5.74) is 2.48. The van der Waals surface area contributed by atoms with Crippen LogP contribution in [0.5, 0.6) is 0 Å². The van der Waals surface area contributed by atoms with Gasteiger partial charge in [-0.05, 0) is 39.8 Å². The highest BCUT2D eigenvalue weighted by Crippen LogP contribution is 2.20. The van der Waals surface area contributed by atoms with E-state index in [9.17, 15) is 4.21 Å². The third-order valence-electron chi connectivity index (χ3n) is 2.93. The standard InChI is InChI=1S/C15H25NOS/c1-6-16-14(11-18(17)15(3,4)5)13-9-7-12(2)8-10-13/h7-10,14,16H,6,11H2,1-5H3. The zero-order valence-corrected chi connectivity index (χ0v) is 12.9. The minimum atomic E-state index is -0.837. The lowest BCUT2D eigenvalue weighted by Gasteiger charge is -2.24.